The van der Waals surface area contributed by atoms with Crippen molar-refractivity contribution in [2.45, 2.75) is 0 Å². The number of nitrogens with one attached hydrogen (secondary N) is 2. The molecular weight excluding hydrogens is 286 g/mol. The Hall–Kier alpha value is -3.35. The molecule has 3 aromatic rings. The van der Waals surface area contributed by atoms with Gasteiger partial charge in [0.1, 0.15) is 5.69 Å². The molecule has 0 radical (unpaired) electrons. The van der Waals surface area contributed by atoms with Crippen LogP contribution in [0.2, 0.25) is 0 Å². The van der Waals surface area contributed by atoms with Crippen molar-refractivity contribution in [3.63, 3.8) is 0 Å². The molecule has 110 valence electrons. The largest absolute Gasteiger partial charge is 0.478 e. The van der Waals surface area contributed by atoms with Crippen LogP contribution >= 0.6 is 0 Å². The molecule has 7 nitrogen and oxygen atoms in total. The average molecular weight is 297 g/mol. The summed E-state index contributed by atoms with van der Waals surface area (Å²) in [6.07, 6.45) is 1.53. The van der Waals surface area contributed by atoms with Crippen LogP contribution in [0, 0.1) is 0 Å². The zero-order valence-corrected chi connectivity index (χ0v) is 11.2. The second-order valence-electron chi connectivity index (χ2n) is 4.48. The summed E-state index contributed by atoms with van der Waals surface area (Å²) in [7, 11) is 0. The van der Waals surface area contributed by atoms with Crippen molar-refractivity contribution in [1.29, 1.82) is 0 Å². The lowest BCUT2D eigenvalue weighted by molar-refractivity contribution is 0.0697. The first-order chi connectivity index (χ1) is 10.6. The SMILES string of the molecule is O=C(O)c1cccc(C(=O)Nc2cc(-c3ccco3)[nH]n2)c1. The van der Waals surface area contributed by atoms with Crippen molar-refractivity contribution in [2.75, 3.05) is 5.32 Å². The average Bonchev–Trinajstić information content (AvgIpc) is 3.18. The maximum absolute atomic E-state index is 12.1. The summed E-state index contributed by atoms with van der Waals surface area (Å²) in [6, 6.07) is 10.9. The van der Waals surface area contributed by atoms with Gasteiger partial charge in [-0.25, -0.2) is 4.79 Å². The molecule has 22 heavy (non-hydrogen) atoms. The van der Waals surface area contributed by atoms with Crippen LogP contribution in [0.1, 0.15) is 20.7 Å². The van der Waals surface area contributed by atoms with Gasteiger partial charge in [-0.3, -0.25) is 9.89 Å². The third-order valence-corrected chi connectivity index (χ3v) is 2.98. The number of H-pyrrole nitrogens is 1. The number of rotatable bonds is 4. The Morgan fingerprint density at radius 3 is 2.68 bits per heavy atom. The number of nitrogens with zero attached hydrogens (tertiary/aromatic N) is 1. The molecule has 0 atom stereocenters. The molecule has 1 amide bonds. The predicted octanol–water partition coefficient (Wildman–Crippen LogP) is 2.62. The number of hydrogen-bond acceptors (Lipinski definition) is 4. The van der Waals surface area contributed by atoms with Crippen LogP contribution in [-0.2, 0) is 0 Å². The minimum absolute atomic E-state index is 0.0472. The summed E-state index contributed by atoms with van der Waals surface area (Å²) in [5, 5.41) is 18.2. The summed E-state index contributed by atoms with van der Waals surface area (Å²) in [4.78, 5) is 23.0. The zero-order valence-electron chi connectivity index (χ0n) is 11.2. The van der Waals surface area contributed by atoms with Crippen molar-refractivity contribution in [3.05, 3.63) is 59.9 Å². The number of aromatic amines is 1. The molecule has 0 unspecified atom stereocenters. The molecule has 1 aromatic carbocycles. The van der Waals surface area contributed by atoms with Crippen molar-refractivity contribution >= 4 is 17.7 Å². The van der Waals surface area contributed by atoms with Gasteiger partial charge < -0.3 is 14.8 Å². The zero-order chi connectivity index (χ0) is 15.5. The van der Waals surface area contributed by atoms with Gasteiger partial charge in [-0.15, -0.1) is 0 Å². The molecule has 3 rings (SSSR count). The van der Waals surface area contributed by atoms with E-state index in [1.165, 1.54) is 30.5 Å². The lowest BCUT2D eigenvalue weighted by Crippen LogP contribution is -2.13. The van der Waals surface area contributed by atoms with Crippen molar-refractivity contribution in [2.24, 2.45) is 0 Å². The fourth-order valence-corrected chi connectivity index (χ4v) is 1.93. The Labute approximate surface area is 124 Å². The molecule has 0 fully saturated rings. The van der Waals surface area contributed by atoms with E-state index in [4.69, 9.17) is 9.52 Å². The number of carbonyl (C=O) groups excluding carboxylic acids is 1. The number of furan rings is 1. The second-order valence-corrected chi connectivity index (χ2v) is 4.48. The van der Waals surface area contributed by atoms with E-state index >= 15 is 0 Å². The van der Waals surface area contributed by atoms with Crippen LogP contribution in [0.15, 0.2) is 53.1 Å². The van der Waals surface area contributed by atoms with Gasteiger partial charge in [0.25, 0.3) is 5.91 Å². The molecule has 2 heterocycles. The normalized spacial score (nSPS) is 10.4. The second kappa shape index (κ2) is 5.57. The van der Waals surface area contributed by atoms with Gasteiger partial charge in [0.15, 0.2) is 11.6 Å². The van der Waals surface area contributed by atoms with Crippen molar-refractivity contribution < 1.29 is 19.1 Å². The van der Waals surface area contributed by atoms with E-state index in [0.29, 0.717) is 17.3 Å². The quantitative estimate of drug-likeness (QED) is 0.686. The Balaban J connectivity index is 1.77. The standard InChI is InChI=1S/C15H11N3O4/c19-14(9-3-1-4-10(7-9)15(20)21)16-13-8-11(17-18-13)12-5-2-6-22-12/h1-8H,(H,20,21)(H2,16,17,18,19). The van der Waals surface area contributed by atoms with E-state index < -0.39 is 11.9 Å². The lowest BCUT2D eigenvalue weighted by atomic mass is 10.1. The molecule has 0 bridgehead atoms. The maximum atomic E-state index is 12.1. The summed E-state index contributed by atoms with van der Waals surface area (Å²) < 4.78 is 5.22. The first-order valence-corrected chi connectivity index (χ1v) is 6.37. The van der Waals surface area contributed by atoms with Gasteiger partial charge >= 0.3 is 5.97 Å². The van der Waals surface area contributed by atoms with Crippen molar-refractivity contribution in [1.82, 2.24) is 10.2 Å². The number of carboxylic acids is 1. The fourth-order valence-electron chi connectivity index (χ4n) is 1.93. The fraction of sp³-hybridized carbons (Fsp3) is 0. The molecule has 0 saturated heterocycles. The molecule has 0 aliphatic rings. The number of aromatic carboxylic acids is 1. The molecule has 0 aliphatic carbocycles. The van der Waals surface area contributed by atoms with Crippen LogP contribution in [0.3, 0.4) is 0 Å². The topological polar surface area (TPSA) is 108 Å². The van der Waals surface area contributed by atoms with Gasteiger partial charge in [0, 0.05) is 11.6 Å². The van der Waals surface area contributed by atoms with E-state index in [1.54, 1.807) is 18.2 Å². The van der Waals surface area contributed by atoms with E-state index in [1.807, 2.05) is 0 Å². The van der Waals surface area contributed by atoms with Crippen molar-refractivity contribution in [3.8, 4) is 11.5 Å². The Bertz CT molecular complexity index is 821. The Morgan fingerprint density at radius 1 is 1.14 bits per heavy atom. The minimum Gasteiger partial charge on any atom is -0.478 e. The summed E-state index contributed by atoms with van der Waals surface area (Å²) in [5.74, 6) is -0.617. The van der Waals surface area contributed by atoms with E-state index in [0.717, 1.165) is 0 Å². The van der Waals surface area contributed by atoms with Crippen LogP contribution < -0.4 is 5.32 Å². The molecule has 2 aromatic heterocycles. The van der Waals surface area contributed by atoms with Gasteiger partial charge in [-0.05, 0) is 30.3 Å². The highest BCUT2D eigenvalue weighted by Gasteiger charge is 2.12. The predicted molar refractivity (Wildman–Crippen MR) is 77.6 cm³/mol. The molecule has 0 spiro atoms. The Morgan fingerprint density at radius 2 is 1.95 bits per heavy atom. The van der Waals surface area contributed by atoms with E-state index in [9.17, 15) is 9.59 Å². The number of benzene rings is 1. The summed E-state index contributed by atoms with van der Waals surface area (Å²) >= 11 is 0. The number of carbonyl (C=O) groups is 2. The maximum Gasteiger partial charge on any atom is 0.335 e. The monoisotopic (exact) mass is 297 g/mol. The number of anilines is 1. The number of amides is 1. The molecule has 0 aliphatic heterocycles. The van der Waals surface area contributed by atoms with Crippen LogP contribution in [0.5, 0.6) is 0 Å². The third-order valence-electron chi connectivity index (χ3n) is 2.98. The van der Waals surface area contributed by atoms with E-state index in [-0.39, 0.29) is 11.1 Å². The summed E-state index contributed by atoms with van der Waals surface area (Å²) in [6.45, 7) is 0. The van der Waals surface area contributed by atoms with Gasteiger partial charge in [-0.1, -0.05) is 6.07 Å². The Kier molecular flexibility index (Phi) is 3.45. The van der Waals surface area contributed by atoms with Crippen LogP contribution in [-0.4, -0.2) is 27.2 Å². The molecular formula is C15H11N3O4. The highest BCUT2D eigenvalue weighted by Crippen LogP contribution is 2.20. The number of aromatic nitrogens is 2. The smallest absolute Gasteiger partial charge is 0.335 e. The van der Waals surface area contributed by atoms with Gasteiger partial charge in [0.05, 0.1) is 11.8 Å². The van der Waals surface area contributed by atoms with Crippen LogP contribution in [0.25, 0.3) is 11.5 Å². The van der Waals surface area contributed by atoms with E-state index in [2.05, 4.69) is 15.5 Å². The number of hydrogen-bond donors (Lipinski definition) is 3. The third kappa shape index (κ3) is 2.73. The highest BCUT2D eigenvalue weighted by atomic mass is 16.4. The molecule has 0 saturated carbocycles. The van der Waals surface area contributed by atoms with Gasteiger partial charge in [-0.2, -0.15) is 5.10 Å². The first-order valence-electron chi connectivity index (χ1n) is 6.37. The number of carboxylic acid groups (broad SMARTS) is 1. The molecule has 3 N–H and O–H groups in total. The lowest BCUT2D eigenvalue weighted by Gasteiger charge is -2.02. The summed E-state index contributed by atoms with van der Waals surface area (Å²) in [5.41, 5.74) is 0.910. The first kappa shape index (κ1) is 13.6. The molecule has 7 heteroatoms. The van der Waals surface area contributed by atoms with Crippen LogP contribution in [0.4, 0.5) is 5.82 Å². The van der Waals surface area contributed by atoms with Gasteiger partial charge in [0.2, 0.25) is 0 Å². The highest BCUT2D eigenvalue weighted by molar-refractivity contribution is 6.05. The minimum atomic E-state index is -1.09.